The van der Waals surface area contributed by atoms with Gasteiger partial charge in [0.25, 0.3) is 0 Å². The van der Waals surface area contributed by atoms with E-state index in [1.165, 1.54) is 17.3 Å². The number of imidazole rings is 1. The zero-order valence-electron chi connectivity index (χ0n) is 17.9. The summed E-state index contributed by atoms with van der Waals surface area (Å²) < 4.78 is 20.0. The lowest BCUT2D eigenvalue weighted by Gasteiger charge is -2.34. The van der Waals surface area contributed by atoms with Crippen LogP contribution in [0.15, 0.2) is 61.2 Å². The first-order chi connectivity index (χ1) is 16.1. The number of amides is 1. The van der Waals surface area contributed by atoms with E-state index >= 15 is 0 Å². The van der Waals surface area contributed by atoms with Crippen molar-refractivity contribution in [1.82, 2.24) is 19.9 Å². The summed E-state index contributed by atoms with van der Waals surface area (Å²) in [5.74, 6) is 0.799. The van der Waals surface area contributed by atoms with Gasteiger partial charge in [-0.3, -0.25) is 4.90 Å². The van der Waals surface area contributed by atoms with E-state index in [1.807, 2.05) is 18.2 Å². The number of hydrogen-bond donors (Lipinski definition) is 1. The van der Waals surface area contributed by atoms with Gasteiger partial charge in [0.2, 0.25) is 0 Å². The number of benzene rings is 2. The number of anilines is 1. The summed E-state index contributed by atoms with van der Waals surface area (Å²) in [6.07, 6.45) is 7.75. The molecule has 33 heavy (non-hydrogen) atoms. The van der Waals surface area contributed by atoms with Crippen LogP contribution < -0.4 is 4.90 Å². The first-order valence-corrected chi connectivity index (χ1v) is 11.1. The Kier molecular flexibility index (Phi) is 4.60. The summed E-state index contributed by atoms with van der Waals surface area (Å²) in [4.78, 5) is 30.5. The highest BCUT2D eigenvalue weighted by Gasteiger charge is 2.48. The molecular formula is C25H22FN5O2. The average Bonchev–Trinajstić information content (AvgIpc) is 3.41. The van der Waals surface area contributed by atoms with Gasteiger partial charge in [-0.15, -0.1) is 0 Å². The standard InChI is InChI=1S/C25H22FN5O2/c26-19-3-1-2-4-22(19)31-14-25(33-24(31)32)9-7-16(8-10-25)23-29-20-6-5-17(11-21(20)30-23)18-12-27-15-28-13-18/h1-6,11-13,15-16H,7-10,14H2,(H,29,30). The predicted octanol–water partition coefficient (Wildman–Crippen LogP) is 5.21. The second-order valence-corrected chi connectivity index (χ2v) is 8.84. The van der Waals surface area contributed by atoms with Crippen LogP contribution in [0.1, 0.15) is 37.4 Å². The van der Waals surface area contributed by atoms with Crippen molar-refractivity contribution in [2.75, 3.05) is 11.4 Å². The lowest BCUT2D eigenvalue weighted by molar-refractivity contribution is 0.0208. The second-order valence-electron chi connectivity index (χ2n) is 8.84. The Bertz CT molecular complexity index is 1330. The highest BCUT2D eigenvalue weighted by molar-refractivity contribution is 5.90. The van der Waals surface area contributed by atoms with E-state index in [4.69, 9.17) is 9.72 Å². The molecule has 2 aromatic heterocycles. The zero-order valence-corrected chi connectivity index (χ0v) is 17.9. The van der Waals surface area contributed by atoms with Crippen molar-refractivity contribution in [1.29, 1.82) is 0 Å². The van der Waals surface area contributed by atoms with Crippen molar-refractivity contribution >= 4 is 22.8 Å². The maximum Gasteiger partial charge on any atom is 0.415 e. The van der Waals surface area contributed by atoms with Crippen molar-refractivity contribution in [2.45, 2.75) is 37.2 Å². The number of halogens is 1. The lowest BCUT2D eigenvalue weighted by atomic mass is 9.78. The summed E-state index contributed by atoms with van der Waals surface area (Å²) in [7, 11) is 0. The lowest BCUT2D eigenvalue weighted by Crippen LogP contribution is -2.38. The Morgan fingerprint density at radius 2 is 1.85 bits per heavy atom. The Morgan fingerprint density at radius 1 is 1.06 bits per heavy atom. The first-order valence-electron chi connectivity index (χ1n) is 11.1. The van der Waals surface area contributed by atoms with E-state index in [0.29, 0.717) is 6.54 Å². The fraction of sp³-hybridized carbons (Fsp3) is 0.280. The number of carbonyl (C=O) groups is 1. The van der Waals surface area contributed by atoms with E-state index in [0.717, 1.165) is 53.7 Å². The molecule has 2 fully saturated rings. The Balaban J connectivity index is 1.19. The van der Waals surface area contributed by atoms with E-state index in [-0.39, 0.29) is 11.6 Å². The minimum Gasteiger partial charge on any atom is -0.441 e. The molecule has 8 heteroatoms. The van der Waals surface area contributed by atoms with Gasteiger partial charge < -0.3 is 9.72 Å². The molecule has 1 aliphatic heterocycles. The third-order valence-corrected chi connectivity index (χ3v) is 6.79. The number of carbonyl (C=O) groups excluding carboxylic acids is 1. The summed E-state index contributed by atoms with van der Waals surface area (Å²) in [5, 5.41) is 0. The van der Waals surface area contributed by atoms with Gasteiger partial charge in [-0.25, -0.2) is 24.1 Å². The number of nitrogens with one attached hydrogen (secondary N) is 1. The van der Waals surface area contributed by atoms with Crippen LogP contribution in [0.25, 0.3) is 22.2 Å². The van der Waals surface area contributed by atoms with Crippen molar-refractivity contribution in [3.63, 3.8) is 0 Å². The van der Waals surface area contributed by atoms with Crippen molar-refractivity contribution < 1.29 is 13.9 Å². The molecule has 1 saturated carbocycles. The van der Waals surface area contributed by atoms with E-state index < -0.39 is 17.5 Å². The second kappa shape index (κ2) is 7.65. The number of aromatic amines is 1. The van der Waals surface area contributed by atoms with Crippen LogP contribution in [0.2, 0.25) is 0 Å². The number of ether oxygens (including phenoxy) is 1. The summed E-state index contributed by atoms with van der Waals surface area (Å²) in [6.45, 7) is 0.377. The number of rotatable bonds is 3. The number of hydrogen-bond acceptors (Lipinski definition) is 5. The average molecular weight is 443 g/mol. The maximum absolute atomic E-state index is 14.2. The fourth-order valence-electron chi connectivity index (χ4n) is 5.00. The number of nitrogens with zero attached hydrogens (tertiary/aromatic N) is 4. The minimum absolute atomic E-state index is 0.257. The molecule has 4 aromatic rings. The predicted molar refractivity (Wildman–Crippen MR) is 121 cm³/mol. The van der Waals surface area contributed by atoms with Crippen LogP contribution in [0.5, 0.6) is 0 Å². The van der Waals surface area contributed by atoms with Gasteiger partial charge in [0.05, 0.1) is 23.3 Å². The van der Waals surface area contributed by atoms with Gasteiger partial charge in [-0.1, -0.05) is 18.2 Å². The maximum atomic E-state index is 14.2. The quantitative estimate of drug-likeness (QED) is 0.470. The van der Waals surface area contributed by atoms with Crippen molar-refractivity contribution in [3.8, 4) is 11.1 Å². The van der Waals surface area contributed by atoms with Crippen LogP contribution in [0.3, 0.4) is 0 Å². The van der Waals surface area contributed by atoms with Crippen LogP contribution in [0.4, 0.5) is 14.9 Å². The molecule has 1 aliphatic carbocycles. The van der Waals surface area contributed by atoms with E-state index in [2.05, 4.69) is 15.0 Å². The molecule has 1 amide bonds. The number of fused-ring (bicyclic) bond motifs is 1. The summed E-state index contributed by atoms with van der Waals surface area (Å²) in [6, 6.07) is 12.4. The van der Waals surface area contributed by atoms with Crippen LogP contribution in [0, 0.1) is 5.82 Å². The molecule has 2 aliphatic rings. The largest absolute Gasteiger partial charge is 0.441 e. The minimum atomic E-state index is -0.567. The van der Waals surface area contributed by atoms with E-state index in [9.17, 15) is 9.18 Å². The third kappa shape index (κ3) is 3.51. The molecule has 2 aromatic carbocycles. The highest BCUT2D eigenvalue weighted by Crippen LogP contribution is 2.44. The zero-order chi connectivity index (χ0) is 22.4. The molecule has 6 rings (SSSR count). The number of para-hydroxylation sites is 1. The molecule has 0 radical (unpaired) electrons. The van der Waals surface area contributed by atoms with Gasteiger partial charge in [-0.05, 0) is 55.5 Å². The molecule has 1 N–H and O–H groups in total. The molecule has 1 spiro atoms. The smallest absolute Gasteiger partial charge is 0.415 e. The molecule has 7 nitrogen and oxygen atoms in total. The fourth-order valence-corrected chi connectivity index (χ4v) is 5.00. The summed E-state index contributed by atoms with van der Waals surface area (Å²) in [5.41, 5.74) is 3.58. The summed E-state index contributed by atoms with van der Waals surface area (Å²) >= 11 is 0. The van der Waals surface area contributed by atoms with Crippen molar-refractivity contribution in [3.05, 3.63) is 72.8 Å². The molecule has 1 saturated heterocycles. The van der Waals surface area contributed by atoms with Crippen LogP contribution in [-0.4, -0.2) is 38.2 Å². The van der Waals surface area contributed by atoms with Gasteiger partial charge in [-0.2, -0.15) is 0 Å². The van der Waals surface area contributed by atoms with Crippen molar-refractivity contribution in [2.24, 2.45) is 0 Å². The van der Waals surface area contributed by atoms with Gasteiger partial charge in [0.1, 0.15) is 23.6 Å². The Hall–Kier alpha value is -3.81. The molecular weight excluding hydrogens is 421 g/mol. The third-order valence-electron chi connectivity index (χ3n) is 6.79. The molecule has 0 unspecified atom stereocenters. The van der Waals surface area contributed by atoms with Gasteiger partial charge >= 0.3 is 6.09 Å². The number of aromatic nitrogens is 4. The Labute approximate surface area is 189 Å². The number of H-pyrrole nitrogens is 1. The van der Waals surface area contributed by atoms with Gasteiger partial charge in [0, 0.05) is 23.9 Å². The molecule has 166 valence electrons. The molecule has 0 atom stereocenters. The molecule has 3 heterocycles. The Morgan fingerprint density at radius 3 is 2.64 bits per heavy atom. The van der Waals surface area contributed by atoms with Crippen LogP contribution >= 0.6 is 0 Å². The topological polar surface area (TPSA) is 84.0 Å². The first kappa shape index (κ1) is 19.8. The highest BCUT2D eigenvalue weighted by atomic mass is 19.1. The normalized spacial score (nSPS) is 22.8. The monoisotopic (exact) mass is 443 g/mol. The van der Waals surface area contributed by atoms with E-state index in [1.54, 1.807) is 30.6 Å². The van der Waals surface area contributed by atoms with Crippen LogP contribution in [-0.2, 0) is 4.74 Å². The molecule has 0 bridgehead atoms. The van der Waals surface area contributed by atoms with Gasteiger partial charge in [0.15, 0.2) is 0 Å². The SMILES string of the molecule is O=C1OC2(CCC(c3nc4cc(-c5cncnc5)ccc4[nH]3)CC2)CN1c1ccccc1F.